The van der Waals surface area contributed by atoms with E-state index >= 15 is 0 Å². The van der Waals surface area contributed by atoms with E-state index in [0.717, 1.165) is 0 Å². The Kier molecular flexibility index (Phi) is 5.86. The predicted octanol–water partition coefficient (Wildman–Crippen LogP) is 2.78. The first kappa shape index (κ1) is 19.3. The third-order valence-corrected chi connectivity index (χ3v) is 4.24. The number of non-ortho nitro benzene ring substituents is 1. The maximum atomic E-state index is 12.5. The first-order valence-electron chi connectivity index (χ1n) is 8.07. The Hall–Kier alpha value is -3.03. The number of aliphatic imine (C=N–C) groups is 1. The Balaban J connectivity index is 2.61. The molecule has 0 bridgehead atoms. The summed E-state index contributed by atoms with van der Waals surface area (Å²) in [4.78, 5) is 39.6. The molecule has 1 aliphatic heterocycles. The van der Waals surface area contributed by atoms with Gasteiger partial charge in [0.05, 0.1) is 24.2 Å². The lowest BCUT2D eigenvalue weighted by Crippen LogP contribution is -2.36. The number of rotatable bonds is 5. The smallest absolute Gasteiger partial charge is 0.336 e. The molecule has 0 fully saturated rings. The molecule has 0 saturated carbocycles. The summed E-state index contributed by atoms with van der Waals surface area (Å²) in [7, 11) is 1.25. The molecule has 8 nitrogen and oxygen atoms in total. The second-order valence-electron chi connectivity index (χ2n) is 5.80. The summed E-state index contributed by atoms with van der Waals surface area (Å²) >= 11 is 0. The van der Waals surface area contributed by atoms with Crippen molar-refractivity contribution in [1.29, 1.82) is 0 Å². The molecular formula is C18H20N2O6. The van der Waals surface area contributed by atoms with Crippen LogP contribution in [0.3, 0.4) is 0 Å². The fourth-order valence-electron chi connectivity index (χ4n) is 3.11. The van der Waals surface area contributed by atoms with E-state index in [2.05, 4.69) is 4.99 Å². The maximum absolute atomic E-state index is 12.5. The van der Waals surface area contributed by atoms with Crippen LogP contribution in [0.15, 0.2) is 40.5 Å². The van der Waals surface area contributed by atoms with Crippen molar-refractivity contribution < 1.29 is 24.0 Å². The van der Waals surface area contributed by atoms with Crippen LogP contribution in [0.25, 0.3) is 0 Å². The molecule has 0 saturated heterocycles. The zero-order chi connectivity index (χ0) is 19.4. The number of hydrogen-bond donors (Lipinski definition) is 0. The lowest BCUT2D eigenvalue weighted by molar-refractivity contribution is -0.384. The van der Waals surface area contributed by atoms with E-state index in [1.54, 1.807) is 20.8 Å². The van der Waals surface area contributed by atoms with Crippen molar-refractivity contribution >= 4 is 23.3 Å². The number of carbonyl (C=O) groups excluding carboxylic acids is 2. The molecule has 2 rings (SSSR count). The molecule has 1 aliphatic rings. The van der Waals surface area contributed by atoms with Crippen LogP contribution in [0.5, 0.6) is 0 Å². The van der Waals surface area contributed by atoms with Crippen molar-refractivity contribution in [1.82, 2.24) is 0 Å². The third kappa shape index (κ3) is 3.63. The summed E-state index contributed by atoms with van der Waals surface area (Å²) in [5, 5.41) is 10.9. The Morgan fingerprint density at radius 1 is 1.23 bits per heavy atom. The number of carbonyl (C=O) groups is 2. The van der Waals surface area contributed by atoms with Gasteiger partial charge in [0.15, 0.2) is 0 Å². The van der Waals surface area contributed by atoms with Crippen LogP contribution < -0.4 is 0 Å². The quantitative estimate of drug-likeness (QED) is 0.454. The molecule has 0 radical (unpaired) electrons. The largest absolute Gasteiger partial charge is 0.466 e. The minimum atomic E-state index is -0.811. The molecule has 8 heteroatoms. The van der Waals surface area contributed by atoms with Gasteiger partial charge in [-0.1, -0.05) is 12.1 Å². The van der Waals surface area contributed by atoms with Gasteiger partial charge in [-0.25, -0.2) is 4.79 Å². The Morgan fingerprint density at radius 2 is 1.85 bits per heavy atom. The highest BCUT2D eigenvalue weighted by molar-refractivity contribution is 6.07. The van der Waals surface area contributed by atoms with Crippen LogP contribution in [-0.2, 0) is 19.1 Å². The number of nitro groups is 1. The van der Waals surface area contributed by atoms with Crippen LogP contribution in [-0.4, -0.2) is 36.3 Å². The van der Waals surface area contributed by atoms with Gasteiger partial charge in [0.2, 0.25) is 0 Å². The number of ether oxygens (including phenoxy) is 2. The van der Waals surface area contributed by atoms with Crippen molar-refractivity contribution in [3.05, 3.63) is 51.2 Å². The summed E-state index contributed by atoms with van der Waals surface area (Å²) in [6, 6.07) is 5.74. The van der Waals surface area contributed by atoms with Gasteiger partial charge in [-0.15, -0.1) is 0 Å². The molecule has 1 heterocycles. The topological polar surface area (TPSA) is 108 Å². The average Bonchev–Trinajstić information content (AvgIpc) is 2.60. The molecule has 138 valence electrons. The van der Waals surface area contributed by atoms with E-state index in [0.29, 0.717) is 17.0 Å². The predicted molar refractivity (Wildman–Crippen MR) is 93.8 cm³/mol. The Bertz CT molecular complexity index is 794. The van der Waals surface area contributed by atoms with Gasteiger partial charge in [0.25, 0.3) is 5.69 Å². The molecule has 2 atom stereocenters. The number of hydrogen-bond acceptors (Lipinski definition) is 7. The van der Waals surface area contributed by atoms with Crippen molar-refractivity contribution in [2.24, 2.45) is 10.9 Å². The minimum Gasteiger partial charge on any atom is -0.466 e. The fraction of sp³-hybridized carbons (Fsp3) is 0.389. The first-order valence-corrected chi connectivity index (χ1v) is 8.07. The summed E-state index contributed by atoms with van der Waals surface area (Å²) in [6.07, 6.45) is 0. The molecule has 0 aromatic heterocycles. The summed E-state index contributed by atoms with van der Waals surface area (Å²) < 4.78 is 10.0. The van der Waals surface area contributed by atoms with E-state index in [1.165, 1.54) is 31.4 Å². The zero-order valence-corrected chi connectivity index (χ0v) is 15.0. The van der Waals surface area contributed by atoms with E-state index in [-0.39, 0.29) is 17.9 Å². The second-order valence-corrected chi connectivity index (χ2v) is 5.80. The summed E-state index contributed by atoms with van der Waals surface area (Å²) in [5.41, 5.74) is 1.69. The third-order valence-electron chi connectivity index (χ3n) is 4.24. The van der Waals surface area contributed by atoms with Gasteiger partial charge in [-0.2, -0.15) is 0 Å². The van der Waals surface area contributed by atoms with Gasteiger partial charge in [0.1, 0.15) is 5.92 Å². The van der Waals surface area contributed by atoms with Crippen LogP contribution in [0.1, 0.15) is 32.3 Å². The lowest BCUT2D eigenvalue weighted by Gasteiger charge is -2.31. The van der Waals surface area contributed by atoms with E-state index in [4.69, 9.17) is 9.47 Å². The van der Waals surface area contributed by atoms with Crippen LogP contribution in [0.2, 0.25) is 0 Å². The molecule has 0 amide bonds. The number of esters is 2. The van der Waals surface area contributed by atoms with Crippen molar-refractivity contribution in [3.63, 3.8) is 0 Å². The van der Waals surface area contributed by atoms with Crippen LogP contribution in [0, 0.1) is 16.0 Å². The summed E-state index contributed by atoms with van der Waals surface area (Å²) in [6.45, 7) is 5.23. The highest BCUT2D eigenvalue weighted by Crippen LogP contribution is 2.40. The molecule has 1 aromatic rings. The first-order chi connectivity index (χ1) is 12.3. The highest BCUT2D eigenvalue weighted by Gasteiger charge is 2.42. The Labute approximate surface area is 150 Å². The molecule has 26 heavy (non-hydrogen) atoms. The van der Waals surface area contributed by atoms with Gasteiger partial charge < -0.3 is 9.47 Å². The highest BCUT2D eigenvalue weighted by atomic mass is 16.6. The van der Waals surface area contributed by atoms with Crippen LogP contribution in [0.4, 0.5) is 5.69 Å². The molecular weight excluding hydrogens is 340 g/mol. The standard InChI is InChI=1S/C18H20N2O6/c1-5-26-18(22)15-11(3)19-10(2)14(17(21)25-4)16(15)12-6-8-13(9-7-12)20(23)24/h6-9,15-16H,5H2,1-4H3/t15?,16-/m0/s1. The zero-order valence-electron chi connectivity index (χ0n) is 15.0. The monoisotopic (exact) mass is 360 g/mol. The number of benzene rings is 1. The van der Waals surface area contributed by atoms with Gasteiger partial charge in [0, 0.05) is 29.5 Å². The molecule has 1 unspecified atom stereocenters. The van der Waals surface area contributed by atoms with E-state index < -0.39 is 28.7 Å². The number of nitro benzene ring substituents is 1. The van der Waals surface area contributed by atoms with E-state index in [9.17, 15) is 19.7 Å². The van der Waals surface area contributed by atoms with Crippen molar-refractivity contribution in [2.45, 2.75) is 26.7 Å². The SMILES string of the molecule is CCOC(=O)C1C(C)=NC(C)=C(C(=O)OC)[C@@H]1c1ccc([N+](=O)[O-])cc1. The lowest BCUT2D eigenvalue weighted by atomic mass is 9.75. The number of allylic oxidation sites excluding steroid dienone is 1. The van der Waals surface area contributed by atoms with Crippen molar-refractivity contribution in [3.8, 4) is 0 Å². The number of methoxy groups -OCH3 is 1. The fourth-order valence-corrected chi connectivity index (χ4v) is 3.11. The number of nitrogens with zero attached hydrogens (tertiary/aromatic N) is 2. The van der Waals surface area contributed by atoms with Crippen molar-refractivity contribution in [2.75, 3.05) is 13.7 Å². The summed E-state index contributed by atoms with van der Waals surface area (Å²) in [5.74, 6) is -2.61. The molecule has 1 aromatic carbocycles. The minimum absolute atomic E-state index is 0.0806. The molecule has 0 spiro atoms. The van der Waals surface area contributed by atoms with Crippen LogP contribution >= 0.6 is 0 Å². The maximum Gasteiger partial charge on any atom is 0.336 e. The molecule has 0 aliphatic carbocycles. The van der Waals surface area contributed by atoms with Gasteiger partial charge in [-0.3, -0.25) is 19.9 Å². The van der Waals surface area contributed by atoms with Gasteiger partial charge >= 0.3 is 11.9 Å². The Morgan fingerprint density at radius 3 is 2.35 bits per heavy atom. The van der Waals surface area contributed by atoms with Gasteiger partial charge in [-0.05, 0) is 26.3 Å². The second kappa shape index (κ2) is 7.90. The normalized spacial score (nSPS) is 19.6. The average molecular weight is 360 g/mol. The molecule has 0 N–H and O–H groups in total. The van der Waals surface area contributed by atoms with E-state index in [1.807, 2.05) is 0 Å².